The molecule has 0 aliphatic rings. The van der Waals surface area contributed by atoms with Crippen molar-refractivity contribution in [1.29, 1.82) is 0 Å². The van der Waals surface area contributed by atoms with Gasteiger partial charge in [-0.15, -0.1) is 10.2 Å². The topological polar surface area (TPSA) is 73.8 Å². The molecular formula is C17H15BrN4OS. The predicted molar refractivity (Wildman–Crippen MR) is 99.4 cm³/mol. The Morgan fingerprint density at radius 1 is 1.00 bits per heavy atom. The molecule has 1 heterocycles. The molecule has 0 radical (unpaired) electrons. The van der Waals surface area contributed by atoms with Crippen LogP contribution in [0.5, 0.6) is 0 Å². The fourth-order valence-electron chi connectivity index (χ4n) is 2.15. The summed E-state index contributed by atoms with van der Waals surface area (Å²) in [6, 6.07) is 17.6. The highest BCUT2D eigenvalue weighted by Crippen LogP contribution is 2.20. The van der Waals surface area contributed by atoms with Crippen LogP contribution in [0.15, 0.2) is 69.0 Å². The van der Waals surface area contributed by atoms with Gasteiger partial charge in [-0.1, -0.05) is 70.2 Å². The van der Waals surface area contributed by atoms with Crippen molar-refractivity contribution in [3.8, 4) is 0 Å². The summed E-state index contributed by atoms with van der Waals surface area (Å²) >= 11 is 4.79. The van der Waals surface area contributed by atoms with Crippen LogP contribution in [0.4, 0.5) is 0 Å². The molecule has 3 aromatic rings. The van der Waals surface area contributed by atoms with Crippen LogP contribution in [-0.2, 0) is 12.2 Å². The third-order valence-electron chi connectivity index (χ3n) is 3.42. The minimum absolute atomic E-state index is 0.313. The van der Waals surface area contributed by atoms with Crippen molar-refractivity contribution in [2.24, 2.45) is 0 Å². The average Bonchev–Trinajstić information content (AvgIpc) is 2.61. The van der Waals surface area contributed by atoms with Crippen LogP contribution < -0.4 is 11.4 Å². The molecule has 0 unspecified atom stereocenters. The Morgan fingerprint density at radius 3 is 2.42 bits per heavy atom. The zero-order chi connectivity index (χ0) is 16.9. The van der Waals surface area contributed by atoms with E-state index in [9.17, 15) is 4.79 Å². The number of benzene rings is 2. The zero-order valence-electron chi connectivity index (χ0n) is 12.7. The van der Waals surface area contributed by atoms with E-state index in [1.165, 1.54) is 11.8 Å². The van der Waals surface area contributed by atoms with Gasteiger partial charge in [0, 0.05) is 16.6 Å². The van der Waals surface area contributed by atoms with Crippen LogP contribution in [0.25, 0.3) is 0 Å². The van der Waals surface area contributed by atoms with E-state index in [4.69, 9.17) is 5.84 Å². The summed E-state index contributed by atoms with van der Waals surface area (Å²) in [5, 5.41) is 8.58. The maximum atomic E-state index is 12.4. The molecule has 24 heavy (non-hydrogen) atoms. The molecule has 7 heteroatoms. The predicted octanol–water partition coefficient (Wildman–Crippen LogP) is 3.00. The first kappa shape index (κ1) is 16.7. The molecule has 0 saturated carbocycles. The van der Waals surface area contributed by atoms with E-state index in [0.717, 1.165) is 20.3 Å². The van der Waals surface area contributed by atoms with Gasteiger partial charge in [-0.2, -0.15) is 4.68 Å². The summed E-state index contributed by atoms with van der Waals surface area (Å²) in [6.07, 6.45) is 0.418. The summed E-state index contributed by atoms with van der Waals surface area (Å²) in [4.78, 5) is 12.4. The number of hydrogen-bond acceptors (Lipinski definition) is 5. The molecule has 0 saturated heterocycles. The van der Waals surface area contributed by atoms with Gasteiger partial charge in [-0.25, -0.2) is 0 Å². The van der Waals surface area contributed by atoms with Crippen molar-refractivity contribution in [3.63, 3.8) is 0 Å². The van der Waals surface area contributed by atoms with E-state index in [2.05, 4.69) is 26.1 Å². The standard InChI is InChI=1S/C17H15BrN4OS/c18-14-8-6-13(7-9-14)11-24-17-21-20-15(16(23)22(17)19)10-12-4-2-1-3-5-12/h1-9H,10-11,19H2. The van der Waals surface area contributed by atoms with E-state index in [1.54, 1.807) is 0 Å². The number of thioether (sulfide) groups is 1. The highest BCUT2D eigenvalue weighted by molar-refractivity contribution is 9.10. The smallest absolute Gasteiger partial charge is 0.294 e. The third kappa shape index (κ3) is 4.04. The van der Waals surface area contributed by atoms with E-state index in [-0.39, 0.29) is 5.56 Å². The lowest BCUT2D eigenvalue weighted by Gasteiger charge is -2.07. The first-order valence-electron chi connectivity index (χ1n) is 7.28. The summed E-state index contributed by atoms with van der Waals surface area (Å²) in [6.45, 7) is 0. The van der Waals surface area contributed by atoms with Crippen LogP contribution in [-0.4, -0.2) is 14.9 Å². The van der Waals surface area contributed by atoms with E-state index in [0.29, 0.717) is 23.0 Å². The van der Waals surface area contributed by atoms with Crippen molar-refractivity contribution in [2.45, 2.75) is 17.3 Å². The Balaban J connectivity index is 1.75. The van der Waals surface area contributed by atoms with Crippen LogP contribution >= 0.6 is 27.7 Å². The van der Waals surface area contributed by atoms with Crippen molar-refractivity contribution in [3.05, 3.63) is 86.2 Å². The van der Waals surface area contributed by atoms with Crippen LogP contribution in [0.2, 0.25) is 0 Å². The minimum atomic E-state index is -0.313. The molecule has 0 atom stereocenters. The van der Waals surface area contributed by atoms with Gasteiger partial charge >= 0.3 is 0 Å². The van der Waals surface area contributed by atoms with Gasteiger partial charge in [0.25, 0.3) is 5.56 Å². The lowest BCUT2D eigenvalue weighted by Crippen LogP contribution is -2.33. The van der Waals surface area contributed by atoms with Crippen molar-refractivity contribution >= 4 is 27.7 Å². The average molecular weight is 403 g/mol. The number of nitrogen functional groups attached to an aromatic ring is 1. The maximum Gasteiger partial charge on any atom is 0.294 e. The molecule has 0 amide bonds. The molecule has 5 nitrogen and oxygen atoms in total. The molecule has 0 bridgehead atoms. The number of nitrogens with zero attached hydrogens (tertiary/aromatic N) is 3. The molecule has 122 valence electrons. The second-order valence-electron chi connectivity index (χ2n) is 5.18. The van der Waals surface area contributed by atoms with E-state index < -0.39 is 0 Å². The van der Waals surface area contributed by atoms with Gasteiger partial charge in [-0.3, -0.25) is 4.79 Å². The fourth-order valence-corrected chi connectivity index (χ4v) is 3.22. The van der Waals surface area contributed by atoms with Crippen LogP contribution in [0.3, 0.4) is 0 Å². The first-order valence-corrected chi connectivity index (χ1v) is 9.06. The van der Waals surface area contributed by atoms with Gasteiger partial charge in [0.15, 0.2) is 0 Å². The summed E-state index contributed by atoms with van der Waals surface area (Å²) in [7, 11) is 0. The zero-order valence-corrected chi connectivity index (χ0v) is 15.1. The Hall–Kier alpha value is -2.12. The van der Waals surface area contributed by atoms with Crippen LogP contribution in [0, 0.1) is 0 Å². The Bertz CT molecular complexity index is 881. The molecule has 1 aromatic heterocycles. The largest absolute Gasteiger partial charge is 0.334 e. The highest BCUT2D eigenvalue weighted by atomic mass is 79.9. The second kappa shape index (κ2) is 7.63. The second-order valence-corrected chi connectivity index (χ2v) is 7.04. The molecular weight excluding hydrogens is 388 g/mol. The van der Waals surface area contributed by atoms with Crippen molar-refractivity contribution in [2.75, 3.05) is 5.84 Å². The van der Waals surface area contributed by atoms with Gasteiger partial charge in [0.2, 0.25) is 5.16 Å². The fraction of sp³-hybridized carbons (Fsp3) is 0.118. The summed E-state index contributed by atoms with van der Waals surface area (Å²) in [5.74, 6) is 6.56. The lowest BCUT2D eigenvalue weighted by molar-refractivity contribution is 0.672. The monoisotopic (exact) mass is 402 g/mol. The number of rotatable bonds is 5. The first-order chi connectivity index (χ1) is 11.6. The van der Waals surface area contributed by atoms with E-state index >= 15 is 0 Å². The number of nitrogens with two attached hydrogens (primary N) is 1. The van der Waals surface area contributed by atoms with Gasteiger partial charge in [0.05, 0.1) is 0 Å². The molecule has 2 aromatic carbocycles. The lowest BCUT2D eigenvalue weighted by atomic mass is 10.1. The molecule has 2 N–H and O–H groups in total. The Kier molecular flexibility index (Phi) is 5.32. The molecule has 0 fully saturated rings. The molecule has 3 rings (SSSR count). The van der Waals surface area contributed by atoms with Gasteiger partial charge in [-0.05, 0) is 23.3 Å². The number of hydrogen-bond donors (Lipinski definition) is 1. The molecule has 0 spiro atoms. The molecule has 0 aliphatic heterocycles. The number of aromatic nitrogens is 3. The summed E-state index contributed by atoms with van der Waals surface area (Å²) < 4.78 is 2.10. The van der Waals surface area contributed by atoms with Gasteiger partial charge < -0.3 is 5.84 Å². The maximum absolute atomic E-state index is 12.4. The van der Waals surface area contributed by atoms with Crippen molar-refractivity contribution < 1.29 is 0 Å². The summed E-state index contributed by atoms with van der Waals surface area (Å²) in [5.41, 5.74) is 2.15. The van der Waals surface area contributed by atoms with E-state index in [1.807, 2.05) is 54.6 Å². The van der Waals surface area contributed by atoms with Crippen molar-refractivity contribution in [1.82, 2.24) is 14.9 Å². The molecule has 0 aliphatic carbocycles. The Labute approximate surface area is 152 Å². The highest BCUT2D eigenvalue weighted by Gasteiger charge is 2.11. The third-order valence-corrected chi connectivity index (χ3v) is 4.97. The Morgan fingerprint density at radius 2 is 1.71 bits per heavy atom. The van der Waals surface area contributed by atoms with Crippen LogP contribution in [0.1, 0.15) is 16.8 Å². The quantitative estimate of drug-likeness (QED) is 0.524. The normalized spacial score (nSPS) is 10.7. The van der Waals surface area contributed by atoms with Gasteiger partial charge in [0.1, 0.15) is 5.69 Å². The minimum Gasteiger partial charge on any atom is -0.334 e. The number of halogens is 1. The SMILES string of the molecule is Nn1c(SCc2ccc(Br)cc2)nnc(Cc2ccccc2)c1=O.